The first-order valence-corrected chi connectivity index (χ1v) is 10.9. The number of halogens is 2. The molecule has 2 aromatic carbocycles. The van der Waals surface area contributed by atoms with Crippen LogP contribution in [0, 0.1) is 0 Å². The Hall–Kier alpha value is -2.12. The predicted molar refractivity (Wildman–Crippen MR) is 124 cm³/mol. The lowest BCUT2D eigenvalue weighted by Gasteiger charge is -2.18. The molecule has 0 N–H and O–H groups in total. The molecule has 0 aliphatic carbocycles. The Morgan fingerprint density at radius 3 is 2.48 bits per heavy atom. The topological polar surface area (TPSA) is 51.1 Å². The van der Waals surface area contributed by atoms with Gasteiger partial charge in [-0.15, -0.1) is 0 Å². The van der Waals surface area contributed by atoms with Crippen LogP contribution in [0.1, 0.15) is 33.3 Å². The van der Waals surface area contributed by atoms with Gasteiger partial charge in [-0.25, -0.2) is 0 Å². The molecular weight excluding hydrogens is 500 g/mol. The van der Waals surface area contributed by atoms with Crippen LogP contribution in [-0.4, -0.2) is 24.3 Å². The van der Waals surface area contributed by atoms with Gasteiger partial charge in [-0.05, 0) is 89.4 Å². The van der Waals surface area contributed by atoms with Gasteiger partial charge >= 0.3 is 0 Å². The molecule has 0 fully saturated rings. The van der Waals surface area contributed by atoms with Gasteiger partial charge < -0.3 is 9.47 Å². The third-order valence-electron chi connectivity index (χ3n) is 4.17. The molecule has 2 aromatic rings. The fourth-order valence-electron chi connectivity index (χ4n) is 2.90. The van der Waals surface area contributed by atoms with E-state index < -0.39 is 0 Å². The molecule has 1 heterocycles. The number of benzene rings is 2. The van der Waals surface area contributed by atoms with Crippen LogP contribution in [0.2, 0.25) is 0 Å². The highest BCUT2D eigenvalue weighted by molar-refractivity contribution is 9.13. The summed E-state index contributed by atoms with van der Waals surface area (Å²) in [5.41, 5.74) is 2.71. The van der Waals surface area contributed by atoms with Gasteiger partial charge in [-0.3, -0.25) is 4.79 Å². The smallest absolute Gasteiger partial charge is 0.280 e. The molecule has 0 saturated carbocycles. The van der Waals surface area contributed by atoms with Crippen molar-refractivity contribution in [2.75, 3.05) is 11.6 Å². The zero-order chi connectivity index (χ0) is 21.1. The SMILES string of the molecule is CCOc1cc(C=C2C(=O)N(c3ccccc3)N=C2C)c(Br)c(Br)c1OC(C)C. The first-order valence-electron chi connectivity index (χ1n) is 9.31. The molecule has 1 amide bonds. The number of nitrogens with zero attached hydrogens (tertiary/aromatic N) is 2. The molecule has 0 aromatic heterocycles. The van der Waals surface area contributed by atoms with Crippen LogP contribution in [0.5, 0.6) is 11.5 Å². The molecule has 5 nitrogen and oxygen atoms in total. The largest absolute Gasteiger partial charge is 0.490 e. The van der Waals surface area contributed by atoms with Gasteiger partial charge in [0.15, 0.2) is 11.5 Å². The summed E-state index contributed by atoms with van der Waals surface area (Å²) in [6, 6.07) is 11.2. The van der Waals surface area contributed by atoms with Crippen LogP contribution in [0.25, 0.3) is 6.08 Å². The van der Waals surface area contributed by atoms with Gasteiger partial charge in [0.25, 0.3) is 5.91 Å². The van der Waals surface area contributed by atoms with E-state index in [1.807, 2.05) is 70.2 Å². The Labute approximate surface area is 187 Å². The number of carbonyl (C=O) groups excluding carboxylic acids is 1. The average molecular weight is 522 g/mol. The normalized spacial score (nSPS) is 15.3. The maximum atomic E-state index is 13.0. The Morgan fingerprint density at radius 2 is 1.86 bits per heavy atom. The van der Waals surface area contributed by atoms with E-state index in [2.05, 4.69) is 37.0 Å². The summed E-state index contributed by atoms with van der Waals surface area (Å²) in [5, 5.41) is 5.85. The fraction of sp³-hybridized carbons (Fsp3) is 0.273. The van der Waals surface area contributed by atoms with E-state index in [-0.39, 0.29) is 12.0 Å². The van der Waals surface area contributed by atoms with Crippen molar-refractivity contribution >= 4 is 55.2 Å². The van der Waals surface area contributed by atoms with Crippen molar-refractivity contribution in [2.24, 2.45) is 5.10 Å². The Morgan fingerprint density at radius 1 is 1.17 bits per heavy atom. The molecule has 0 saturated heterocycles. The zero-order valence-electron chi connectivity index (χ0n) is 16.7. The van der Waals surface area contributed by atoms with Gasteiger partial charge in [0.05, 0.1) is 34.2 Å². The molecule has 152 valence electrons. The van der Waals surface area contributed by atoms with Crippen molar-refractivity contribution in [3.05, 3.63) is 56.5 Å². The highest BCUT2D eigenvalue weighted by Crippen LogP contribution is 2.44. The second kappa shape index (κ2) is 9.13. The van der Waals surface area contributed by atoms with Crippen LogP contribution >= 0.6 is 31.9 Å². The van der Waals surface area contributed by atoms with Gasteiger partial charge in [-0.2, -0.15) is 10.1 Å². The third-order valence-corrected chi connectivity index (χ3v) is 6.32. The van der Waals surface area contributed by atoms with E-state index in [9.17, 15) is 4.79 Å². The van der Waals surface area contributed by atoms with Crippen LogP contribution in [0.15, 0.2) is 56.0 Å². The molecule has 0 bridgehead atoms. The summed E-state index contributed by atoms with van der Waals surface area (Å²) in [4.78, 5) is 13.0. The van der Waals surface area contributed by atoms with E-state index in [1.54, 1.807) is 0 Å². The number of amides is 1. The zero-order valence-corrected chi connectivity index (χ0v) is 19.9. The molecule has 3 rings (SSSR count). The Bertz CT molecular complexity index is 985. The second-order valence-electron chi connectivity index (χ2n) is 6.72. The van der Waals surface area contributed by atoms with Gasteiger partial charge in [0.1, 0.15) is 0 Å². The highest BCUT2D eigenvalue weighted by atomic mass is 79.9. The quantitative estimate of drug-likeness (QED) is 0.425. The first-order chi connectivity index (χ1) is 13.8. The number of ether oxygens (including phenoxy) is 2. The fourth-order valence-corrected chi connectivity index (χ4v) is 3.83. The minimum Gasteiger partial charge on any atom is -0.490 e. The number of hydrogen-bond acceptors (Lipinski definition) is 4. The standard InChI is InChI=1S/C22H22Br2N2O3/c1-5-28-18-12-15(19(23)20(24)21(18)29-13(2)3)11-17-14(4)25-26(22(17)27)16-9-7-6-8-10-16/h6-13H,5H2,1-4H3. The van der Waals surface area contributed by atoms with Crippen molar-refractivity contribution in [1.82, 2.24) is 0 Å². The second-order valence-corrected chi connectivity index (χ2v) is 8.30. The summed E-state index contributed by atoms with van der Waals surface area (Å²) in [6.07, 6.45) is 1.81. The number of carbonyl (C=O) groups is 1. The maximum absolute atomic E-state index is 13.0. The van der Waals surface area contributed by atoms with E-state index in [0.29, 0.717) is 29.4 Å². The van der Waals surface area contributed by atoms with E-state index in [4.69, 9.17) is 9.47 Å². The number of hydrogen-bond donors (Lipinski definition) is 0. The summed E-state index contributed by atoms with van der Waals surface area (Å²) < 4.78 is 13.2. The lowest BCUT2D eigenvalue weighted by molar-refractivity contribution is -0.114. The molecular formula is C22H22Br2N2O3. The monoisotopic (exact) mass is 520 g/mol. The summed E-state index contributed by atoms with van der Waals surface area (Å²) in [7, 11) is 0. The lowest BCUT2D eigenvalue weighted by Crippen LogP contribution is -2.21. The third kappa shape index (κ3) is 4.56. The summed E-state index contributed by atoms with van der Waals surface area (Å²) in [6.45, 7) is 8.17. The van der Waals surface area contributed by atoms with E-state index in [0.717, 1.165) is 20.2 Å². The average Bonchev–Trinajstić information content (AvgIpc) is 2.97. The first kappa shape index (κ1) is 21.6. The van der Waals surface area contributed by atoms with Crippen molar-refractivity contribution < 1.29 is 14.3 Å². The molecule has 1 aliphatic rings. The molecule has 0 spiro atoms. The number of hydrazone groups is 1. The van der Waals surface area contributed by atoms with Crippen molar-refractivity contribution in [1.29, 1.82) is 0 Å². The van der Waals surface area contributed by atoms with Crippen molar-refractivity contribution in [3.8, 4) is 11.5 Å². The minimum absolute atomic E-state index is 0.00757. The molecule has 29 heavy (non-hydrogen) atoms. The van der Waals surface area contributed by atoms with Crippen LogP contribution < -0.4 is 14.5 Å². The van der Waals surface area contributed by atoms with Gasteiger partial charge in [0, 0.05) is 4.47 Å². The van der Waals surface area contributed by atoms with E-state index >= 15 is 0 Å². The van der Waals surface area contributed by atoms with Crippen molar-refractivity contribution in [2.45, 2.75) is 33.8 Å². The molecule has 0 unspecified atom stereocenters. The lowest BCUT2D eigenvalue weighted by atomic mass is 10.1. The molecule has 0 atom stereocenters. The summed E-state index contributed by atoms with van der Waals surface area (Å²) in [5.74, 6) is 1.07. The maximum Gasteiger partial charge on any atom is 0.280 e. The number of anilines is 1. The van der Waals surface area contributed by atoms with Crippen LogP contribution in [0.3, 0.4) is 0 Å². The van der Waals surface area contributed by atoms with Crippen molar-refractivity contribution in [3.63, 3.8) is 0 Å². The Balaban J connectivity index is 2.04. The van der Waals surface area contributed by atoms with Gasteiger partial charge in [0.2, 0.25) is 0 Å². The number of para-hydroxylation sites is 1. The van der Waals surface area contributed by atoms with Gasteiger partial charge in [-0.1, -0.05) is 18.2 Å². The summed E-state index contributed by atoms with van der Waals surface area (Å²) >= 11 is 7.22. The highest BCUT2D eigenvalue weighted by Gasteiger charge is 2.29. The molecule has 1 aliphatic heterocycles. The molecule has 0 radical (unpaired) electrons. The van der Waals surface area contributed by atoms with E-state index in [1.165, 1.54) is 5.01 Å². The Kier molecular flexibility index (Phi) is 6.80. The van der Waals surface area contributed by atoms with Crippen LogP contribution in [-0.2, 0) is 4.79 Å². The predicted octanol–water partition coefficient (Wildman–Crippen LogP) is 6.20. The van der Waals surface area contributed by atoms with Crippen LogP contribution in [0.4, 0.5) is 5.69 Å². The molecule has 7 heteroatoms. The number of rotatable bonds is 6. The minimum atomic E-state index is -0.169.